The number of hydrogen-bond donors (Lipinski definition) is 1. The van der Waals surface area contributed by atoms with Gasteiger partial charge >= 0.3 is 5.97 Å². The van der Waals surface area contributed by atoms with Gasteiger partial charge in [0.2, 0.25) is 0 Å². The van der Waals surface area contributed by atoms with E-state index >= 15 is 0 Å². The minimum atomic E-state index is -0.867. The van der Waals surface area contributed by atoms with Crippen LogP contribution in [0.15, 0.2) is 18.2 Å². The van der Waals surface area contributed by atoms with Gasteiger partial charge in [-0.1, -0.05) is 12.1 Å². The van der Waals surface area contributed by atoms with Crippen LogP contribution in [0, 0.1) is 17.0 Å². The second-order valence-electron chi connectivity index (χ2n) is 5.29. The molecule has 1 atom stereocenters. The molecule has 0 radical (unpaired) electrons. The Morgan fingerprint density at radius 3 is 2.55 bits per heavy atom. The highest BCUT2D eigenvalue weighted by molar-refractivity contribution is 5.79. The van der Waals surface area contributed by atoms with Gasteiger partial charge < -0.3 is 4.74 Å². The van der Waals surface area contributed by atoms with Crippen molar-refractivity contribution in [2.45, 2.75) is 39.3 Å². The zero-order valence-electron chi connectivity index (χ0n) is 12.4. The van der Waals surface area contributed by atoms with E-state index in [1.807, 2.05) is 13.0 Å². The van der Waals surface area contributed by atoms with Crippen LogP contribution in [-0.2, 0) is 9.53 Å². The molecule has 1 N–H and O–H groups in total. The van der Waals surface area contributed by atoms with E-state index in [2.05, 4.69) is 5.32 Å². The fourth-order valence-corrected chi connectivity index (χ4v) is 2.03. The average molecular weight is 280 g/mol. The number of nitro groups is 1. The van der Waals surface area contributed by atoms with E-state index in [4.69, 9.17) is 4.74 Å². The molecule has 0 bridgehead atoms. The van der Waals surface area contributed by atoms with E-state index in [-0.39, 0.29) is 17.7 Å². The molecule has 6 nitrogen and oxygen atoms in total. The summed E-state index contributed by atoms with van der Waals surface area (Å²) in [7, 11) is 1.33. The van der Waals surface area contributed by atoms with E-state index < -0.39 is 10.5 Å². The Hall–Kier alpha value is -1.95. The number of aryl methyl sites for hydroxylation is 1. The Morgan fingerprint density at radius 2 is 2.05 bits per heavy atom. The maximum Gasteiger partial charge on any atom is 0.325 e. The van der Waals surface area contributed by atoms with E-state index in [1.54, 1.807) is 26.8 Å². The third kappa shape index (κ3) is 3.54. The maximum absolute atomic E-state index is 11.6. The van der Waals surface area contributed by atoms with Crippen molar-refractivity contribution in [2.75, 3.05) is 7.11 Å². The largest absolute Gasteiger partial charge is 0.468 e. The SMILES string of the molecule is COC(=O)C(C)(C)NC(C)c1ccc(C)c([N+](=O)[O-])c1. The summed E-state index contributed by atoms with van der Waals surface area (Å²) in [5.74, 6) is -0.383. The van der Waals surface area contributed by atoms with Crippen LogP contribution in [0.1, 0.15) is 37.9 Å². The number of ether oxygens (including phenoxy) is 1. The number of methoxy groups -OCH3 is 1. The standard InChI is InChI=1S/C14H20N2O4/c1-9-6-7-11(8-12(9)16(18)19)10(2)15-14(3,4)13(17)20-5/h6-8,10,15H,1-5H3. The lowest BCUT2D eigenvalue weighted by molar-refractivity contribution is -0.385. The molecular formula is C14H20N2O4. The third-order valence-corrected chi connectivity index (χ3v) is 3.20. The molecule has 0 aliphatic heterocycles. The number of nitro benzene ring substituents is 1. The number of nitrogens with zero attached hydrogens (tertiary/aromatic N) is 1. The summed E-state index contributed by atoms with van der Waals surface area (Å²) in [6.07, 6.45) is 0. The predicted octanol–water partition coefficient (Wildman–Crippen LogP) is 2.51. The first kappa shape index (κ1) is 16.1. The van der Waals surface area contributed by atoms with Gasteiger partial charge in [0.05, 0.1) is 12.0 Å². The number of esters is 1. The molecular weight excluding hydrogens is 260 g/mol. The van der Waals surface area contributed by atoms with Crippen molar-refractivity contribution in [3.63, 3.8) is 0 Å². The van der Waals surface area contributed by atoms with E-state index in [0.29, 0.717) is 5.56 Å². The molecule has 0 fully saturated rings. The van der Waals surface area contributed by atoms with Gasteiger partial charge in [0, 0.05) is 17.7 Å². The number of nitrogens with one attached hydrogen (secondary N) is 1. The summed E-state index contributed by atoms with van der Waals surface area (Å²) in [6, 6.07) is 4.83. The van der Waals surface area contributed by atoms with Gasteiger partial charge in [-0.15, -0.1) is 0 Å². The molecule has 0 heterocycles. The average Bonchev–Trinajstić information content (AvgIpc) is 2.37. The molecule has 20 heavy (non-hydrogen) atoms. The van der Waals surface area contributed by atoms with Gasteiger partial charge in [-0.05, 0) is 33.3 Å². The van der Waals surface area contributed by atoms with Crippen LogP contribution in [0.25, 0.3) is 0 Å². The van der Waals surface area contributed by atoms with Crippen molar-refractivity contribution in [3.05, 3.63) is 39.4 Å². The lowest BCUT2D eigenvalue weighted by Gasteiger charge is -2.27. The van der Waals surface area contributed by atoms with Crippen LogP contribution in [-0.4, -0.2) is 23.5 Å². The molecule has 0 spiro atoms. The number of hydrogen-bond acceptors (Lipinski definition) is 5. The minimum absolute atomic E-state index is 0.0759. The van der Waals surface area contributed by atoms with Gasteiger partial charge in [-0.25, -0.2) is 0 Å². The van der Waals surface area contributed by atoms with Crippen LogP contribution in [0.4, 0.5) is 5.69 Å². The van der Waals surface area contributed by atoms with Gasteiger partial charge in [-0.2, -0.15) is 0 Å². The molecule has 6 heteroatoms. The van der Waals surface area contributed by atoms with Gasteiger partial charge in [0.1, 0.15) is 5.54 Å². The summed E-state index contributed by atoms with van der Waals surface area (Å²) in [5.41, 5.74) is 0.567. The van der Waals surface area contributed by atoms with Crippen LogP contribution in [0.5, 0.6) is 0 Å². The number of carbonyl (C=O) groups excluding carboxylic acids is 1. The summed E-state index contributed by atoms with van der Waals surface area (Å²) in [6.45, 7) is 6.95. The molecule has 0 aliphatic rings. The zero-order valence-corrected chi connectivity index (χ0v) is 12.4. The van der Waals surface area contributed by atoms with Crippen molar-refractivity contribution in [1.29, 1.82) is 0 Å². The quantitative estimate of drug-likeness (QED) is 0.509. The smallest absolute Gasteiger partial charge is 0.325 e. The molecule has 110 valence electrons. The fourth-order valence-electron chi connectivity index (χ4n) is 2.03. The van der Waals surface area contributed by atoms with Crippen molar-refractivity contribution in [1.82, 2.24) is 5.32 Å². The summed E-state index contributed by atoms with van der Waals surface area (Å²) in [5, 5.41) is 14.1. The fraction of sp³-hybridized carbons (Fsp3) is 0.500. The topological polar surface area (TPSA) is 81.5 Å². The highest BCUT2D eigenvalue weighted by Gasteiger charge is 2.30. The van der Waals surface area contributed by atoms with Gasteiger partial charge in [0.25, 0.3) is 5.69 Å². The van der Waals surface area contributed by atoms with Crippen molar-refractivity contribution < 1.29 is 14.5 Å². The number of carbonyl (C=O) groups is 1. The third-order valence-electron chi connectivity index (χ3n) is 3.20. The minimum Gasteiger partial charge on any atom is -0.468 e. The molecule has 0 saturated carbocycles. The monoisotopic (exact) mass is 280 g/mol. The Labute approximate surface area is 118 Å². The lowest BCUT2D eigenvalue weighted by Crippen LogP contribution is -2.48. The highest BCUT2D eigenvalue weighted by atomic mass is 16.6. The van der Waals surface area contributed by atoms with E-state index in [1.165, 1.54) is 13.2 Å². The molecule has 1 rings (SSSR count). The normalized spacial score (nSPS) is 12.8. The molecule has 0 aliphatic carbocycles. The summed E-state index contributed by atoms with van der Waals surface area (Å²) in [4.78, 5) is 22.2. The number of rotatable bonds is 5. The van der Waals surface area contributed by atoms with E-state index in [0.717, 1.165) is 5.56 Å². The zero-order chi connectivity index (χ0) is 15.5. The molecule has 0 saturated heterocycles. The highest BCUT2D eigenvalue weighted by Crippen LogP contribution is 2.24. The van der Waals surface area contributed by atoms with Crippen molar-refractivity contribution >= 4 is 11.7 Å². The summed E-state index contributed by atoms with van der Waals surface area (Å²) < 4.78 is 4.72. The van der Waals surface area contributed by atoms with Crippen LogP contribution < -0.4 is 5.32 Å². The van der Waals surface area contributed by atoms with Crippen LogP contribution in [0.2, 0.25) is 0 Å². The molecule has 0 amide bonds. The first-order chi connectivity index (χ1) is 9.19. The molecule has 0 aromatic heterocycles. The van der Waals surface area contributed by atoms with Crippen LogP contribution in [0.3, 0.4) is 0 Å². The Kier molecular flexibility index (Phi) is 4.83. The van der Waals surface area contributed by atoms with Crippen molar-refractivity contribution in [3.8, 4) is 0 Å². The van der Waals surface area contributed by atoms with Gasteiger partial charge in [-0.3, -0.25) is 20.2 Å². The maximum atomic E-state index is 11.6. The van der Waals surface area contributed by atoms with Crippen molar-refractivity contribution in [2.24, 2.45) is 0 Å². The number of benzene rings is 1. The van der Waals surface area contributed by atoms with Gasteiger partial charge in [0.15, 0.2) is 0 Å². The molecule has 1 unspecified atom stereocenters. The molecule has 1 aromatic rings. The Bertz CT molecular complexity index is 526. The Morgan fingerprint density at radius 1 is 1.45 bits per heavy atom. The molecule has 1 aromatic carbocycles. The predicted molar refractivity (Wildman–Crippen MR) is 75.5 cm³/mol. The summed E-state index contributed by atoms with van der Waals surface area (Å²) >= 11 is 0. The van der Waals surface area contributed by atoms with Crippen LogP contribution >= 0.6 is 0 Å². The first-order valence-corrected chi connectivity index (χ1v) is 6.30. The van der Waals surface area contributed by atoms with E-state index in [9.17, 15) is 14.9 Å². The second-order valence-corrected chi connectivity index (χ2v) is 5.29. The second kappa shape index (κ2) is 6.00. The lowest BCUT2D eigenvalue weighted by atomic mass is 9.99. The Balaban J connectivity index is 2.99. The first-order valence-electron chi connectivity index (χ1n) is 6.30.